The number of carbonyl (C=O) groups excluding carboxylic acids is 11. The highest BCUT2D eigenvalue weighted by molar-refractivity contribution is 5.87. The maximum absolute atomic E-state index is 13.6. The first-order valence-electron chi connectivity index (χ1n) is 39.0. The number of carboxylic acid groups (broad SMARTS) is 1. The van der Waals surface area contributed by atoms with Crippen molar-refractivity contribution >= 4 is 71.1 Å². The van der Waals surface area contributed by atoms with Crippen LogP contribution in [0.5, 0.6) is 0 Å². The molecule has 76 heteroatoms. The summed E-state index contributed by atoms with van der Waals surface area (Å²) in [5.74, 6) is -24.2. The van der Waals surface area contributed by atoms with Gasteiger partial charge in [-0.3, -0.25) is 52.7 Å². The number of hydrogen-bond donors (Lipinski definition) is 23. The number of aliphatic hydroxyl groups excluding tert-OH is 16. The van der Waals surface area contributed by atoms with Gasteiger partial charge >= 0.3 is 72.1 Å². The fourth-order valence-electron chi connectivity index (χ4n) is 12.4. The van der Waals surface area contributed by atoms with Gasteiger partial charge in [-0.2, -0.15) is 52.7 Å². The minimum Gasteiger partial charge on any atom is -0.477 e. The van der Waals surface area contributed by atoms with Gasteiger partial charge in [0.1, 0.15) is 111 Å². The maximum Gasteiger partial charge on any atom is 0.401 e. The van der Waals surface area contributed by atoms with Gasteiger partial charge in [-0.15, -0.1) is 0 Å². The molecule has 0 aromatic heterocycles. The van der Waals surface area contributed by atoms with Crippen molar-refractivity contribution in [1.29, 1.82) is 0 Å². The number of azide groups is 6. The number of aliphatic carboxylic acids is 1. The van der Waals surface area contributed by atoms with Gasteiger partial charge in [-0.25, -0.2) is 4.79 Å². The van der Waals surface area contributed by atoms with Gasteiger partial charge in [0.25, 0.3) is 35.3 Å². The van der Waals surface area contributed by atoms with Crippen molar-refractivity contribution in [2.45, 2.75) is 270 Å². The third-order valence-electron chi connectivity index (χ3n) is 19.7. The Bertz CT molecular complexity index is 4410. The van der Waals surface area contributed by atoms with Crippen LogP contribution in [-0.2, 0) is 110 Å². The van der Waals surface area contributed by atoms with Crippen LogP contribution in [0.4, 0.5) is 52.7 Å². The highest BCUT2D eigenvalue weighted by Gasteiger charge is 2.58. The standard InChI is InChI=1S/C15H20F2N4O8.C14H20F2N4O6.C12H17F2N3O9.3C8H12F2N4O6/c1-6-11(19-14(25)15(16,17)20-21-18)13(28-9(4)24)29-10(5-26-7(2)22)12(6)27-8(3)23;1-6-7(2)11(18-13(23)14(15,16)19-20-17)12(25-9(4)22)26-10(6)5-24-8(3)21;13-12(14,16-17-15)7(21)1-4-5(19)2-11(25,10(23)24)26-9(4)8(22)6(20)3-18;3*9-8(10,13-14-11)7(19)12-3-5(17)4(16)2(1-15)20-6(3)18/h6,10-13H,5H2,1-4H3,(H,19,25);6-7,10-12H,5H2,1-4H3,(H,18,23);4-6,8-9,18-20,22,25H,1-3H2,(H,23,24);3*2-6,15-18H,1H2,(H,12,19)/t6-,10?,11?,12-,13?;6-,7-,10?,11?,12?;4-,5-,6-,8-,9?,11-;2?,3?,4-,5+,6?;2*2?,3?,4-,5-,6?/m101011/s1. The highest BCUT2D eigenvalue weighted by Crippen LogP contribution is 2.40. The molecule has 6 aliphatic heterocycles. The van der Waals surface area contributed by atoms with E-state index < -0.39 is 336 Å². The number of carboxylic acids is 1. The lowest BCUT2D eigenvalue weighted by Gasteiger charge is -2.44. The van der Waals surface area contributed by atoms with Crippen molar-refractivity contribution < 1.29 is 254 Å². The van der Waals surface area contributed by atoms with Crippen LogP contribution in [0.3, 0.4) is 0 Å². The fraction of sp³-hybridized carbons (Fsp3) is 0.815. The number of ketones is 1. The van der Waals surface area contributed by atoms with E-state index in [1.54, 1.807) is 33.5 Å². The first-order valence-corrected chi connectivity index (χ1v) is 39.0. The summed E-state index contributed by atoms with van der Waals surface area (Å²) in [5, 5.41) is 189. The van der Waals surface area contributed by atoms with Gasteiger partial charge in [0.05, 0.1) is 56.8 Å². The Hall–Kier alpha value is -12.1. The number of carbonyl (C=O) groups is 12. The molecule has 64 nitrogen and oxygen atoms in total. The molecule has 31 atom stereocenters. The van der Waals surface area contributed by atoms with E-state index in [1.165, 1.54) is 29.8 Å². The van der Waals surface area contributed by atoms with Gasteiger partial charge < -0.3 is 171 Å². The van der Waals surface area contributed by atoms with Crippen molar-refractivity contribution in [1.82, 2.24) is 26.6 Å². The first kappa shape index (κ1) is 127. The number of amides is 5. The van der Waals surface area contributed by atoms with Gasteiger partial charge in [-0.1, -0.05) is 20.8 Å². The van der Waals surface area contributed by atoms with Crippen LogP contribution in [0.25, 0.3) is 62.7 Å². The Morgan fingerprint density at radius 2 is 0.688 bits per heavy atom. The molecule has 0 radical (unpaired) electrons. The Balaban J connectivity index is 0.000000851. The topological polar surface area (TPSA) is 1020 Å². The summed E-state index contributed by atoms with van der Waals surface area (Å²) in [6.45, 7) is 6.42. The van der Waals surface area contributed by atoms with Gasteiger partial charge in [0.15, 0.2) is 18.9 Å². The summed E-state index contributed by atoms with van der Waals surface area (Å²) in [5.41, 5.74) is 48.0. The number of ether oxygens (including phenoxy) is 11. The van der Waals surface area contributed by atoms with E-state index in [0.717, 1.165) is 27.7 Å². The number of Topliss-reactive ketones (excluding diaryl/α,β-unsaturated/α-hetero) is 1. The van der Waals surface area contributed by atoms with Crippen LogP contribution >= 0.6 is 0 Å². The van der Waals surface area contributed by atoms with Crippen LogP contribution in [0.2, 0.25) is 0 Å². The number of esters is 5. The van der Waals surface area contributed by atoms with E-state index in [2.05, 4.69) is 24.4 Å². The van der Waals surface area contributed by atoms with Crippen molar-refractivity contribution in [3.05, 3.63) is 62.7 Å². The Labute approximate surface area is 776 Å². The number of aliphatic hydroxyl groups is 17. The summed E-state index contributed by atoms with van der Waals surface area (Å²) in [6, 6.07) is -34.5. The second-order valence-electron chi connectivity index (χ2n) is 29.6. The summed E-state index contributed by atoms with van der Waals surface area (Å²) in [4.78, 5) is 147. The largest absolute Gasteiger partial charge is 0.477 e. The van der Waals surface area contributed by atoms with Crippen LogP contribution in [0.15, 0.2) is 30.7 Å². The SMILES string of the molecule is CC(=O)OCC1OC(OC(C)=O)C(NC(=O)C(F)(F)N=[N+]=[N-])[C@@H](C)[C@@H]1C.CC(=O)OCC1OC(OC(C)=O)C(NC(=O)C(F)(F)N=[N+]=[N-])[C@@H](C)[C@H]1OC(C)=O.[N-]=[N+]=NC(F)(F)C(=O)C[C@H]1C([C@H](O)[C@H](O)CO)O[C@@](O)(C(=O)O)C[C@H]1O.[N-]=[N+]=NC(F)(F)C(=O)NC1C(O)OC(CO)[C@@H](O)[C@@H]1O.[N-]=[N+]=NC(F)(F)C(=O)NC1C(O)OC(CO)[C@@H](O)[C@@H]1O.[N-]=[N+]=NC(F)(F)C(=O)NC1C(O)OC(CO)[C@H](O)[C@@H]1O. The van der Waals surface area contributed by atoms with Crippen molar-refractivity contribution in [2.24, 2.45) is 54.4 Å². The number of rotatable bonds is 33. The predicted octanol–water partition coefficient (Wildman–Crippen LogP) is -6.19. The highest BCUT2D eigenvalue weighted by atomic mass is 19.3. The van der Waals surface area contributed by atoms with Gasteiger partial charge in [-0.05, 0) is 75.7 Å². The quantitative estimate of drug-likeness (QED) is 0.00553. The van der Waals surface area contributed by atoms with E-state index in [4.69, 9.17) is 96.6 Å². The second-order valence-corrected chi connectivity index (χ2v) is 29.6. The van der Waals surface area contributed by atoms with Gasteiger partial charge in [0, 0.05) is 88.8 Å². The normalized spacial score (nSPS) is 31.1. The van der Waals surface area contributed by atoms with E-state index in [1.807, 2.05) is 40.9 Å². The molecule has 5 amide bonds. The second kappa shape index (κ2) is 56.0. The molecule has 0 bridgehead atoms. The average molecular weight is 2080 g/mol. The molecule has 798 valence electrons. The molecule has 0 saturated carbocycles. The smallest absolute Gasteiger partial charge is 0.401 e. The zero-order valence-electron chi connectivity index (χ0n) is 73.0. The average Bonchev–Trinajstić information content (AvgIpc) is 0.765. The van der Waals surface area contributed by atoms with E-state index in [-0.39, 0.29) is 12.5 Å². The Morgan fingerprint density at radius 3 is 0.965 bits per heavy atom. The molecule has 16 unspecified atom stereocenters. The number of hydrogen-bond acceptors (Lipinski definition) is 46. The third kappa shape index (κ3) is 37.1. The molecule has 6 rings (SSSR count). The molecule has 23 N–H and O–H groups in total. The van der Waals surface area contributed by atoms with E-state index in [0.29, 0.717) is 0 Å². The zero-order chi connectivity index (χ0) is 109. The maximum atomic E-state index is 13.6. The molecular weight excluding hydrogens is 1990 g/mol. The van der Waals surface area contributed by atoms with Crippen LogP contribution in [0, 0.1) is 23.7 Å². The fourth-order valence-corrected chi connectivity index (χ4v) is 12.4. The van der Waals surface area contributed by atoms with Crippen LogP contribution in [0.1, 0.15) is 68.2 Å². The molecule has 141 heavy (non-hydrogen) atoms. The molecule has 0 spiro atoms. The lowest BCUT2D eigenvalue weighted by molar-refractivity contribution is -0.304. The minimum atomic E-state index is -4.49. The Kier molecular flexibility index (Phi) is 50.4. The third-order valence-corrected chi connectivity index (χ3v) is 19.7. The minimum absolute atomic E-state index is 0.131. The number of alkyl halides is 12. The number of halogens is 12. The molecule has 6 fully saturated rings. The summed E-state index contributed by atoms with van der Waals surface area (Å²) in [6.07, 6.45) is -36.9. The molecule has 0 aromatic carbocycles. The van der Waals surface area contributed by atoms with E-state index in [9.17, 15) is 177 Å². The van der Waals surface area contributed by atoms with Crippen molar-refractivity contribution in [2.75, 3.05) is 39.6 Å². The summed E-state index contributed by atoms with van der Waals surface area (Å²) in [7, 11) is 0. The number of nitrogens with one attached hydrogen (secondary N) is 5. The molecule has 6 aliphatic rings. The molecular formula is C65H93F12N23O41. The molecule has 6 saturated heterocycles. The van der Waals surface area contributed by atoms with Crippen molar-refractivity contribution in [3.8, 4) is 0 Å². The zero-order valence-corrected chi connectivity index (χ0v) is 73.0. The molecule has 0 aliphatic carbocycles. The predicted molar refractivity (Wildman–Crippen MR) is 412 cm³/mol. The lowest BCUT2D eigenvalue weighted by Crippen LogP contribution is -2.65. The summed E-state index contributed by atoms with van der Waals surface area (Å²) < 4.78 is 213. The van der Waals surface area contributed by atoms with Gasteiger partial charge in [0.2, 0.25) is 18.4 Å². The molecule has 6 heterocycles. The van der Waals surface area contributed by atoms with E-state index >= 15 is 0 Å². The van der Waals surface area contributed by atoms with Crippen LogP contribution in [-0.4, -0.2) is 404 Å². The first-order chi connectivity index (χ1) is 65.0. The monoisotopic (exact) mass is 2080 g/mol. The number of nitrogens with zero attached hydrogens (tertiary/aromatic N) is 18. The van der Waals surface area contributed by atoms with Crippen molar-refractivity contribution in [3.63, 3.8) is 0 Å². The lowest BCUT2D eigenvalue weighted by atomic mass is 9.80. The Morgan fingerprint density at radius 1 is 0.404 bits per heavy atom. The van der Waals surface area contributed by atoms with Crippen LogP contribution < -0.4 is 26.6 Å². The summed E-state index contributed by atoms with van der Waals surface area (Å²) >= 11 is 0. The molecule has 0 aromatic rings.